The van der Waals surface area contributed by atoms with Crippen molar-refractivity contribution >= 4 is 23.0 Å². The van der Waals surface area contributed by atoms with Crippen molar-refractivity contribution in [3.8, 4) is 6.07 Å². The number of anilines is 2. The van der Waals surface area contributed by atoms with E-state index in [2.05, 4.69) is 5.32 Å². The molecule has 0 aliphatic carbocycles. The van der Waals surface area contributed by atoms with Gasteiger partial charge in [0.25, 0.3) is 0 Å². The molecule has 0 unspecified atom stereocenters. The van der Waals surface area contributed by atoms with Crippen LogP contribution < -0.4 is 5.32 Å². The molecule has 0 aromatic heterocycles. The molecule has 0 radical (unpaired) electrons. The molecule has 0 amide bonds. The van der Waals surface area contributed by atoms with E-state index in [-0.39, 0.29) is 22.0 Å². The average Bonchev–Trinajstić information content (AvgIpc) is 2.41. The van der Waals surface area contributed by atoms with Crippen molar-refractivity contribution in [2.45, 2.75) is 6.18 Å². The largest absolute Gasteiger partial charge is 0.416 e. The van der Waals surface area contributed by atoms with Crippen molar-refractivity contribution in [1.29, 1.82) is 5.26 Å². The molecule has 21 heavy (non-hydrogen) atoms. The number of nitriles is 1. The van der Waals surface area contributed by atoms with Gasteiger partial charge in [-0.1, -0.05) is 11.6 Å². The van der Waals surface area contributed by atoms with E-state index in [4.69, 9.17) is 16.9 Å². The molecule has 0 saturated carbocycles. The standard InChI is InChI=1S/C14H7ClF4N2/c15-11-3-1-9(14(17,18)19)6-13(11)21-12-4-2-10(16)5-8(12)7-20/h1-6,21H. The maximum Gasteiger partial charge on any atom is 0.416 e. The summed E-state index contributed by atoms with van der Waals surface area (Å²) in [6, 6.07) is 7.85. The number of nitrogens with one attached hydrogen (secondary N) is 1. The molecule has 7 heteroatoms. The molecule has 2 aromatic carbocycles. The summed E-state index contributed by atoms with van der Waals surface area (Å²) in [6.45, 7) is 0. The third-order valence-corrected chi connectivity index (χ3v) is 2.99. The zero-order valence-electron chi connectivity index (χ0n) is 10.3. The molecule has 2 aromatic rings. The molecule has 0 bridgehead atoms. The van der Waals surface area contributed by atoms with Crippen LogP contribution in [0.1, 0.15) is 11.1 Å². The fraction of sp³-hybridized carbons (Fsp3) is 0.0714. The first-order valence-corrected chi connectivity index (χ1v) is 6.02. The Hall–Kier alpha value is -2.26. The molecule has 2 rings (SSSR count). The lowest BCUT2D eigenvalue weighted by Crippen LogP contribution is -2.05. The quantitative estimate of drug-likeness (QED) is 0.782. The van der Waals surface area contributed by atoms with Crippen molar-refractivity contribution in [1.82, 2.24) is 0 Å². The van der Waals surface area contributed by atoms with Gasteiger partial charge in [0.2, 0.25) is 0 Å². The summed E-state index contributed by atoms with van der Waals surface area (Å²) in [7, 11) is 0. The van der Waals surface area contributed by atoms with Crippen molar-refractivity contribution in [2.24, 2.45) is 0 Å². The molecule has 0 spiro atoms. The molecule has 0 fully saturated rings. The Morgan fingerprint density at radius 3 is 2.38 bits per heavy atom. The summed E-state index contributed by atoms with van der Waals surface area (Å²) in [5.74, 6) is -0.618. The van der Waals surface area contributed by atoms with Gasteiger partial charge < -0.3 is 5.32 Å². The lowest BCUT2D eigenvalue weighted by molar-refractivity contribution is -0.137. The number of benzene rings is 2. The summed E-state index contributed by atoms with van der Waals surface area (Å²) in [5.41, 5.74) is -0.770. The second-order valence-electron chi connectivity index (χ2n) is 4.12. The topological polar surface area (TPSA) is 35.8 Å². The lowest BCUT2D eigenvalue weighted by atomic mass is 10.1. The minimum atomic E-state index is -4.51. The van der Waals surface area contributed by atoms with Crippen molar-refractivity contribution in [3.05, 3.63) is 58.4 Å². The number of nitrogens with zero attached hydrogens (tertiary/aromatic N) is 1. The van der Waals surface area contributed by atoms with Crippen LogP contribution in [0.4, 0.5) is 28.9 Å². The minimum absolute atomic E-state index is 0.0189. The maximum absolute atomic E-state index is 13.0. The van der Waals surface area contributed by atoms with Crippen LogP contribution in [0.3, 0.4) is 0 Å². The fourth-order valence-electron chi connectivity index (χ4n) is 1.66. The second kappa shape index (κ2) is 5.62. The first-order valence-electron chi connectivity index (χ1n) is 5.64. The van der Waals surface area contributed by atoms with E-state index in [1.165, 1.54) is 6.07 Å². The van der Waals surface area contributed by atoms with Crippen molar-refractivity contribution < 1.29 is 17.6 Å². The van der Waals surface area contributed by atoms with Crippen LogP contribution in [0.25, 0.3) is 0 Å². The first kappa shape index (κ1) is 15.1. The highest BCUT2D eigenvalue weighted by atomic mass is 35.5. The highest BCUT2D eigenvalue weighted by Gasteiger charge is 2.31. The highest BCUT2D eigenvalue weighted by molar-refractivity contribution is 6.33. The summed E-state index contributed by atoms with van der Waals surface area (Å²) >= 11 is 5.84. The maximum atomic E-state index is 13.0. The van der Waals surface area contributed by atoms with Crippen LogP contribution in [0.5, 0.6) is 0 Å². The van der Waals surface area contributed by atoms with Gasteiger partial charge in [0.15, 0.2) is 0 Å². The average molecular weight is 315 g/mol. The van der Waals surface area contributed by atoms with Gasteiger partial charge in [0.1, 0.15) is 11.9 Å². The number of hydrogen-bond donors (Lipinski definition) is 1. The van der Waals surface area contributed by atoms with Gasteiger partial charge in [0, 0.05) is 0 Å². The molecule has 0 aliphatic heterocycles. The van der Waals surface area contributed by atoms with E-state index in [1.54, 1.807) is 6.07 Å². The SMILES string of the molecule is N#Cc1cc(F)ccc1Nc1cc(C(F)(F)F)ccc1Cl. The fourth-order valence-corrected chi connectivity index (χ4v) is 1.83. The third kappa shape index (κ3) is 3.44. The van der Waals surface area contributed by atoms with Gasteiger partial charge in [0.05, 0.1) is 27.5 Å². The van der Waals surface area contributed by atoms with Gasteiger partial charge in [-0.05, 0) is 36.4 Å². The van der Waals surface area contributed by atoms with Gasteiger partial charge in [-0.3, -0.25) is 0 Å². The van der Waals surface area contributed by atoms with Gasteiger partial charge >= 0.3 is 6.18 Å². The normalized spacial score (nSPS) is 11.0. The van der Waals surface area contributed by atoms with E-state index >= 15 is 0 Å². The van der Waals surface area contributed by atoms with E-state index in [0.29, 0.717) is 0 Å². The summed E-state index contributed by atoms with van der Waals surface area (Å²) in [5, 5.41) is 11.6. The van der Waals surface area contributed by atoms with Gasteiger partial charge in [-0.2, -0.15) is 18.4 Å². The van der Waals surface area contributed by atoms with Crippen LogP contribution in [-0.4, -0.2) is 0 Å². The minimum Gasteiger partial charge on any atom is -0.353 e. The molecule has 0 atom stereocenters. The molecule has 108 valence electrons. The Labute approximate surface area is 122 Å². The van der Waals surface area contributed by atoms with Crippen molar-refractivity contribution in [2.75, 3.05) is 5.32 Å². The van der Waals surface area contributed by atoms with Gasteiger partial charge in [-0.25, -0.2) is 4.39 Å². The Bertz CT molecular complexity index is 720. The summed E-state index contributed by atoms with van der Waals surface area (Å²) in [4.78, 5) is 0. The Morgan fingerprint density at radius 1 is 1.05 bits per heavy atom. The Balaban J connectivity index is 2.43. The van der Waals surface area contributed by atoms with E-state index in [0.717, 1.165) is 30.3 Å². The smallest absolute Gasteiger partial charge is 0.353 e. The predicted octanol–water partition coefficient (Wildman–Crippen LogP) is 5.11. The molecule has 0 aliphatic rings. The summed E-state index contributed by atoms with van der Waals surface area (Å²) in [6.07, 6.45) is -4.51. The lowest BCUT2D eigenvalue weighted by Gasteiger charge is -2.13. The molecular formula is C14H7ClF4N2. The van der Waals surface area contributed by atoms with Crippen LogP contribution >= 0.6 is 11.6 Å². The molecule has 0 saturated heterocycles. The van der Waals surface area contributed by atoms with E-state index in [9.17, 15) is 17.6 Å². The first-order chi connectivity index (χ1) is 9.81. The van der Waals surface area contributed by atoms with Gasteiger partial charge in [-0.15, -0.1) is 0 Å². The van der Waals surface area contributed by atoms with E-state index in [1.807, 2.05) is 0 Å². The summed E-state index contributed by atoms with van der Waals surface area (Å²) < 4.78 is 51.0. The highest BCUT2D eigenvalue weighted by Crippen LogP contribution is 2.35. The molecule has 2 nitrogen and oxygen atoms in total. The van der Waals surface area contributed by atoms with Crippen LogP contribution in [0.2, 0.25) is 5.02 Å². The molecular weight excluding hydrogens is 308 g/mol. The zero-order valence-corrected chi connectivity index (χ0v) is 11.1. The van der Waals surface area contributed by atoms with Crippen LogP contribution in [0, 0.1) is 17.1 Å². The Morgan fingerprint density at radius 2 is 1.76 bits per heavy atom. The number of hydrogen-bond acceptors (Lipinski definition) is 2. The monoisotopic (exact) mass is 314 g/mol. The third-order valence-electron chi connectivity index (χ3n) is 2.67. The molecule has 1 N–H and O–H groups in total. The van der Waals surface area contributed by atoms with E-state index < -0.39 is 17.6 Å². The number of alkyl halides is 3. The number of halogens is 5. The van der Waals surface area contributed by atoms with Crippen molar-refractivity contribution in [3.63, 3.8) is 0 Å². The zero-order chi connectivity index (χ0) is 15.6. The number of rotatable bonds is 2. The second-order valence-corrected chi connectivity index (χ2v) is 4.53. The van der Waals surface area contributed by atoms with Crippen LogP contribution in [-0.2, 0) is 6.18 Å². The predicted molar refractivity (Wildman–Crippen MR) is 70.9 cm³/mol. The Kier molecular flexibility index (Phi) is 4.05. The molecule has 0 heterocycles. The van der Waals surface area contributed by atoms with Crippen LogP contribution in [0.15, 0.2) is 36.4 Å².